The number of rotatable bonds is 2. The number of anilines is 1. The molecule has 0 unspecified atom stereocenters. The maximum atomic E-state index is 12.9. The molecule has 1 aromatic rings. The van der Waals surface area contributed by atoms with Crippen LogP contribution in [0, 0.1) is 16.2 Å². The minimum atomic E-state index is -1.29. The van der Waals surface area contributed by atoms with Crippen molar-refractivity contribution in [1.82, 2.24) is 0 Å². The molecule has 2 bridgehead atoms. The highest BCUT2D eigenvalue weighted by Crippen LogP contribution is 2.69. The first kappa shape index (κ1) is 15.2. The molecule has 0 radical (unpaired) electrons. The van der Waals surface area contributed by atoms with Crippen LogP contribution in [-0.4, -0.2) is 17.5 Å². The molecule has 1 N–H and O–H groups in total. The van der Waals surface area contributed by atoms with E-state index in [2.05, 4.69) is 5.32 Å². The third-order valence-corrected chi connectivity index (χ3v) is 6.38. The van der Waals surface area contributed by atoms with Crippen molar-refractivity contribution in [3.05, 3.63) is 29.3 Å². The van der Waals surface area contributed by atoms with Crippen molar-refractivity contribution >= 4 is 34.8 Å². The number of halogens is 1. The van der Waals surface area contributed by atoms with Gasteiger partial charge in [0.15, 0.2) is 0 Å². The van der Waals surface area contributed by atoms with Crippen molar-refractivity contribution in [2.24, 2.45) is 16.2 Å². The van der Waals surface area contributed by atoms with Gasteiger partial charge in [-0.05, 0) is 30.4 Å². The Morgan fingerprint density at radius 3 is 2.27 bits per heavy atom. The number of Topliss-reactive ketones (excluding diaryl/α,β-unsaturated/α-hetero) is 2. The minimum absolute atomic E-state index is 0.400. The molecule has 0 heterocycles. The standard InChI is InChI=1S/C17H18ClNO3/c1-15(2)16(3)8-9-17(15,13(21)12(16)20)14(22)19-11-7-5-4-6-10(11)18/h4-7H,8-9H2,1-3H3,(H,19,22)/t16-,17+/m0/s1. The highest BCUT2D eigenvalue weighted by atomic mass is 35.5. The largest absolute Gasteiger partial charge is 0.324 e. The lowest BCUT2D eigenvalue weighted by Gasteiger charge is -2.37. The molecule has 3 rings (SSSR count). The third-order valence-electron chi connectivity index (χ3n) is 6.05. The molecule has 2 aliphatic carbocycles. The number of hydrogen-bond acceptors (Lipinski definition) is 3. The zero-order valence-corrected chi connectivity index (χ0v) is 13.6. The van der Waals surface area contributed by atoms with E-state index in [0.717, 1.165) is 0 Å². The summed E-state index contributed by atoms with van der Waals surface area (Å²) in [7, 11) is 0. The summed E-state index contributed by atoms with van der Waals surface area (Å²) in [4.78, 5) is 37.9. The van der Waals surface area contributed by atoms with Gasteiger partial charge in [0.1, 0.15) is 5.41 Å². The first-order valence-corrected chi connectivity index (χ1v) is 7.71. The quantitative estimate of drug-likeness (QED) is 0.672. The van der Waals surface area contributed by atoms with Crippen LogP contribution in [0.25, 0.3) is 0 Å². The minimum Gasteiger partial charge on any atom is -0.324 e. The second-order valence-electron chi connectivity index (χ2n) is 6.95. The summed E-state index contributed by atoms with van der Waals surface area (Å²) >= 11 is 6.07. The van der Waals surface area contributed by atoms with Crippen molar-refractivity contribution in [3.63, 3.8) is 0 Å². The van der Waals surface area contributed by atoms with Crippen molar-refractivity contribution in [1.29, 1.82) is 0 Å². The summed E-state index contributed by atoms with van der Waals surface area (Å²) in [5, 5.41) is 3.16. The molecular formula is C17H18ClNO3. The average Bonchev–Trinajstić information content (AvgIpc) is 2.74. The van der Waals surface area contributed by atoms with E-state index in [1.807, 2.05) is 13.8 Å². The van der Waals surface area contributed by atoms with Crippen LogP contribution in [0.15, 0.2) is 24.3 Å². The first-order valence-electron chi connectivity index (χ1n) is 7.34. The van der Waals surface area contributed by atoms with Crippen molar-refractivity contribution in [3.8, 4) is 0 Å². The van der Waals surface area contributed by atoms with Crippen LogP contribution in [0.5, 0.6) is 0 Å². The summed E-state index contributed by atoms with van der Waals surface area (Å²) in [6.07, 6.45) is 0.956. The first-order chi connectivity index (χ1) is 10.2. The van der Waals surface area contributed by atoms with Gasteiger partial charge >= 0.3 is 0 Å². The molecule has 0 aliphatic heterocycles. The highest BCUT2D eigenvalue weighted by Gasteiger charge is 2.77. The highest BCUT2D eigenvalue weighted by molar-refractivity contribution is 6.49. The van der Waals surface area contributed by atoms with E-state index in [1.54, 1.807) is 31.2 Å². The second kappa shape index (κ2) is 4.42. The van der Waals surface area contributed by atoms with E-state index in [-0.39, 0.29) is 0 Å². The van der Waals surface area contributed by atoms with Gasteiger partial charge in [-0.25, -0.2) is 0 Å². The number of amides is 1. The van der Waals surface area contributed by atoms with Gasteiger partial charge in [-0.1, -0.05) is 44.5 Å². The van der Waals surface area contributed by atoms with E-state index < -0.39 is 33.7 Å². The SMILES string of the molecule is CC1(C)[C@]2(C(=O)Nc3ccccc3Cl)CC[C@@]1(C)C(=O)C2=O. The summed E-state index contributed by atoms with van der Waals surface area (Å²) in [6.45, 7) is 5.48. The van der Waals surface area contributed by atoms with Crippen LogP contribution in [0.3, 0.4) is 0 Å². The molecule has 2 saturated carbocycles. The van der Waals surface area contributed by atoms with Crippen molar-refractivity contribution in [2.45, 2.75) is 33.6 Å². The monoisotopic (exact) mass is 319 g/mol. The van der Waals surface area contributed by atoms with Gasteiger partial charge in [0.25, 0.3) is 0 Å². The summed E-state index contributed by atoms with van der Waals surface area (Å²) in [5.41, 5.74) is -2.31. The lowest BCUT2D eigenvalue weighted by atomic mass is 9.64. The fraction of sp³-hybridized carbons (Fsp3) is 0.471. The predicted molar refractivity (Wildman–Crippen MR) is 83.7 cm³/mol. The van der Waals surface area contributed by atoms with Crippen LogP contribution in [-0.2, 0) is 14.4 Å². The Morgan fingerprint density at radius 2 is 1.73 bits per heavy atom. The summed E-state index contributed by atoms with van der Waals surface area (Å²) in [5.74, 6) is -1.40. The van der Waals surface area contributed by atoms with Crippen LogP contribution in [0.2, 0.25) is 5.02 Å². The average molecular weight is 320 g/mol. The molecule has 0 saturated heterocycles. The number of benzene rings is 1. The Labute approximate surface area is 134 Å². The number of nitrogens with one attached hydrogen (secondary N) is 1. The Morgan fingerprint density at radius 1 is 1.09 bits per heavy atom. The molecule has 0 spiro atoms. The van der Waals surface area contributed by atoms with Crippen molar-refractivity contribution < 1.29 is 14.4 Å². The molecule has 116 valence electrons. The molecule has 22 heavy (non-hydrogen) atoms. The number of ketones is 2. The smallest absolute Gasteiger partial charge is 0.239 e. The van der Waals surface area contributed by atoms with Gasteiger partial charge in [0.05, 0.1) is 10.7 Å². The van der Waals surface area contributed by atoms with E-state index in [9.17, 15) is 14.4 Å². The molecule has 2 fully saturated rings. The molecule has 0 aromatic heterocycles. The molecule has 2 aliphatic rings. The maximum absolute atomic E-state index is 12.9. The normalized spacial score (nSPS) is 32.4. The van der Waals surface area contributed by atoms with Gasteiger partial charge in [-0.15, -0.1) is 0 Å². The van der Waals surface area contributed by atoms with Gasteiger partial charge in [-0.2, -0.15) is 0 Å². The zero-order chi connectivity index (χ0) is 16.3. The Balaban J connectivity index is 2.04. The summed E-state index contributed by atoms with van der Waals surface area (Å²) < 4.78 is 0. The van der Waals surface area contributed by atoms with E-state index >= 15 is 0 Å². The van der Waals surface area contributed by atoms with Gasteiger partial charge < -0.3 is 5.32 Å². The number of para-hydroxylation sites is 1. The third kappa shape index (κ3) is 1.51. The van der Waals surface area contributed by atoms with Crippen LogP contribution in [0.1, 0.15) is 33.6 Å². The molecule has 4 nitrogen and oxygen atoms in total. The topological polar surface area (TPSA) is 63.2 Å². The second-order valence-corrected chi connectivity index (χ2v) is 7.36. The fourth-order valence-corrected chi connectivity index (χ4v) is 4.25. The van der Waals surface area contributed by atoms with Gasteiger partial charge in [-0.3, -0.25) is 14.4 Å². The van der Waals surface area contributed by atoms with Gasteiger partial charge in [0.2, 0.25) is 17.5 Å². The van der Waals surface area contributed by atoms with Crippen LogP contribution >= 0.6 is 11.6 Å². The lowest BCUT2D eigenvalue weighted by molar-refractivity contribution is -0.147. The van der Waals surface area contributed by atoms with Crippen LogP contribution in [0.4, 0.5) is 5.69 Å². The van der Waals surface area contributed by atoms with Crippen LogP contribution < -0.4 is 5.32 Å². The number of fused-ring (bicyclic) bond motifs is 2. The molecule has 1 amide bonds. The molecule has 5 heteroatoms. The van der Waals surface area contributed by atoms with E-state index in [4.69, 9.17) is 11.6 Å². The number of hydrogen-bond donors (Lipinski definition) is 1. The maximum Gasteiger partial charge on any atom is 0.239 e. The van der Waals surface area contributed by atoms with E-state index in [0.29, 0.717) is 23.6 Å². The Hall–Kier alpha value is -1.68. The van der Waals surface area contributed by atoms with Crippen molar-refractivity contribution in [2.75, 3.05) is 5.32 Å². The zero-order valence-electron chi connectivity index (χ0n) is 12.8. The lowest BCUT2D eigenvalue weighted by Crippen LogP contribution is -2.47. The number of carbonyl (C=O) groups excluding carboxylic acids is 3. The summed E-state index contributed by atoms with van der Waals surface area (Å²) in [6, 6.07) is 6.86. The predicted octanol–water partition coefficient (Wildman–Crippen LogP) is 3.24. The fourth-order valence-electron chi connectivity index (χ4n) is 4.06. The molecule has 1 aromatic carbocycles. The Bertz CT molecular complexity index is 712. The molecular weight excluding hydrogens is 302 g/mol. The Kier molecular flexibility index (Phi) is 3.06. The van der Waals surface area contributed by atoms with E-state index in [1.165, 1.54) is 0 Å². The van der Waals surface area contributed by atoms with Gasteiger partial charge in [0, 0.05) is 5.41 Å². The number of carbonyl (C=O) groups is 3. The molecule has 2 atom stereocenters.